The number of nitrogens with zero attached hydrogens (tertiary/aromatic N) is 1. The molecule has 28 heavy (non-hydrogen) atoms. The molecule has 1 atom stereocenters. The number of amides is 1. The molecule has 1 fully saturated rings. The summed E-state index contributed by atoms with van der Waals surface area (Å²) in [5.74, 6) is -0.616. The van der Waals surface area contributed by atoms with Gasteiger partial charge in [-0.1, -0.05) is 25.8 Å². The Morgan fingerprint density at radius 1 is 1.14 bits per heavy atom. The van der Waals surface area contributed by atoms with Gasteiger partial charge in [0.15, 0.2) is 0 Å². The van der Waals surface area contributed by atoms with Crippen molar-refractivity contribution in [3.63, 3.8) is 0 Å². The molecule has 0 spiro atoms. The number of hydrogen-bond donors (Lipinski definition) is 1. The van der Waals surface area contributed by atoms with Crippen LogP contribution >= 0.6 is 11.3 Å². The zero-order valence-corrected chi connectivity index (χ0v) is 17.0. The SMILES string of the molecule is CCCCCN1C(=O)C(=O)/C(=C(\O)c2ccc(OCC)cc2)C1c1cccs1. The zero-order chi connectivity index (χ0) is 20.1. The number of benzene rings is 1. The molecule has 2 heterocycles. The van der Waals surface area contributed by atoms with E-state index in [4.69, 9.17) is 4.74 Å². The second-order valence-electron chi connectivity index (χ2n) is 6.67. The van der Waals surface area contributed by atoms with Crippen molar-refractivity contribution in [3.05, 3.63) is 57.8 Å². The van der Waals surface area contributed by atoms with Crippen LogP contribution in [0.2, 0.25) is 0 Å². The van der Waals surface area contributed by atoms with Gasteiger partial charge in [0, 0.05) is 17.0 Å². The number of unbranched alkanes of at least 4 members (excludes halogenated alkanes) is 2. The van der Waals surface area contributed by atoms with E-state index in [1.54, 1.807) is 29.2 Å². The highest BCUT2D eigenvalue weighted by Crippen LogP contribution is 2.41. The largest absolute Gasteiger partial charge is 0.507 e. The van der Waals surface area contributed by atoms with Gasteiger partial charge in [0.05, 0.1) is 18.2 Å². The fourth-order valence-corrected chi connectivity index (χ4v) is 4.26. The van der Waals surface area contributed by atoms with E-state index >= 15 is 0 Å². The molecule has 6 heteroatoms. The first-order valence-electron chi connectivity index (χ1n) is 9.63. The van der Waals surface area contributed by atoms with Crippen LogP contribution < -0.4 is 4.74 Å². The van der Waals surface area contributed by atoms with Crippen molar-refractivity contribution in [2.75, 3.05) is 13.2 Å². The van der Waals surface area contributed by atoms with Crippen molar-refractivity contribution >= 4 is 28.8 Å². The van der Waals surface area contributed by atoms with Crippen LogP contribution in [0.5, 0.6) is 5.75 Å². The molecule has 1 aromatic carbocycles. The van der Waals surface area contributed by atoms with Gasteiger partial charge in [-0.05, 0) is 49.1 Å². The normalized spacial score (nSPS) is 18.6. The Morgan fingerprint density at radius 2 is 1.89 bits per heavy atom. The molecule has 0 radical (unpaired) electrons. The lowest BCUT2D eigenvalue weighted by atomic mass is 9.99. The third-order valence-corrected chi connectivity index (χ3v) is 5.72. The first kappa shape index (κ1) is 20.1. The summed E-state index contributed by atoms with van der Waals surface area (Å²) in [6, 6.07) is 10.2. The number of thiophene rings is 1. The van der Waals surface area contributed by atoms with Crippen LogP contribution in [0, 0.1) is 0 Å². The third-order valence-electron chi connectivity index (χ3n) is 4.79. The fourth-order valence-electron chi connectivity index (χ4n) is 3.42. The minimum Gasteiger partial charge on any atom is -0.507 e. The predicted molar refractivity (Wildman–Crippen MR) is 110 cm³/mol. The van der Waals surface area contributed by atoms with Crippen molar-refractivity contribution in [1.82, 2.24) is 4.90 Å². The van der Waals surface area contributed by atoms with Gasteiger partial charge in [0.1, 0.15) is 11.5 Å². The van der Waals surface area contributed by atoms with Crippen molar-refractivity contribution in [2.24, 2.45) is 0 Å². The predicted octanol–water partition coefficient (Wildman–Crippen LogP) is 4.76. The minimum absolute atomic E-state index is 0.141. The maximum Gasteiger partial charge on any atom is 0.295 e. The summed E-state index contributed by atoms with van der Waals surface area (Å²) in [6.45, 7) is 5.04. The highest BCUT2D eigenvalue weighted by Gasteiger charge is 2.46. The van der Waals surface area contributed by atoms with Crippen LogP contribution in [-0.4, -0.2) is 34.8 Å². The average molecular weight is 400 g/mol. The third kappa shape index (κ3) is 3.97. The van der Waals surface area contributed by atoms with Crippen molar-refractivity contribution < 1.29 is 19.4 Å². The quantitative estimate of drug-likeness (QED) is 0.301. The highest BCUT2D eigenvalue weighted by molar-refractivity contribution is 7.10. The summed E-state index contributed by atoms with van der Waals surface area (Å²) in [6.07, 6.45) is 2.84. The van der Waals surface area contributed by atoms with E-state index in [2.05, 4.69) is 6.92 Å². The molecule has 1 N–H and O–H groups in total. The molecular formula is C22H25NO4S. The molecular weight excluding hydrogens is 374 g/mol. The van der Waals surface area contributed by atoms with Gasteiger partial charge in [-0.3, -0.25) is 9.59 Å². The lowest BCUT2D eigenvalue weighted by molar-refractivity contribution is -0.139. The topological polar surface area (TPSA) is 66.8 Å². The molecule has 1 unspecified atom stereocenters. The number of ketones is 1. The van der Waals surface area contributed by atoms with Gasteiger partial charge in [0.2, 0.25) is 0 Å². The molecule has 3 rings (SSSR count). The molecule has 0 saturated carbocycles. The number of likely N-dealkylation sites (tertiary alicyclic amines) is 1. The van der Waals surface area contributed by atoms with E-state index in [-0.39, 0.29) is 11.3 Å². The lowest BCUT2D eigenvalue weighted by Gasteiger charge is -2.24. The number of aliphatic hydroxyl groups excluding tert-OH is 1. The Bertz CT molecular complexity index is 855. The minimum atomic E-state index is -0.624. The van der Waals surface area contributed by atoms with Crippen LogP contribution in [-0.2, 0) is 9.59 Å². The van der Waals surface area contributed by atoms with Crippen LogP contribution in [0.4, 0.5) is 0 Å². The smallest absolute Gasteiger partial charge is 0.295 e. The van der Waals surface area contributed by atoms with E-state index in [1.165, 1.54) is 11.3 Å². The number of aliphatic hydroxyl groups is 1. The summed E-state index contributed by atoms with van der Waals surface area (Å²) in [7, 11) is 0. The fraction of sp³-hybridized carbons (Fsp3) is 0.364. The van der Waals surface area contributed by atoms with Gasteiger partial charge >= 0.3 is 0 Å². The van der Waals surface area contributed by atoms with Crippen molar-refractivity contribution in [3.8, 4) is 5.75 Å². The average Bonchev–Trinajstić information content (AvgIpc) is 3.31. The maximum atomic E-state index is 12.8. The summed E-state index contributed by atoms with van der Waals surface area (Å²) in [4.78, 5) is 28.0. The Morgan fingerprint density at radius 3 is 2.50 bits per heavy atom. The van der Waals surface area contributed by atoms with Gasteiger partial charge in [-0.25, -0.2) is 0 Å². The molecule has 0 bridgehead atoms. The van der Waals surface area contributed by atoms with E-state index < -0.39 is 17.7 Å². The summed E-state index contributed by atoms with van der Waals surface area (Å²) < 4.78 is 5.43. The van der Waals surface area contributed by atoms with E-state index in [0.717, 1.165) is 24.1 Å². The number of rotatable bonds is 8. The molecule has 0 aliphatic carbocycles. The van der Waals surface area contributed by atoms with Crippen LogP contribution in [0.25, 0.3) is 5.76 Å². The van der Waals surface area contributed by atoms with Crippen molar-refractivity contribution in [1.29, 1.82) is 0 Å². The number of hydrogen-bond acceptors (Lipinski definition) is 5. The Kier molecular flexibility index (Phi) is 6.52. The summed E-state index contributed by atoms with van der Waals surface area (Å²) in [5.41, 5.74) is 0.657. The molecule has 1 aliphatic heterocycles. The Hall–Kier alpha value is -2.60. The Labute approximate surface area is 169 Å². The first-order chi connectivity index (χ1) is 13.6. The van der Waals surface area contributed by atoms with Gasteiger partial charge < -0.3 is 14.7 Å². The summed E-state index contributed by atoms with van der Waals surface area (Å²) in [5, 5.41) is 12.8. The zero-order valence-electron chi connectivity index (χ0n) is 16.2. The monoisotopic (exact) mass is 399 g/mol. The molecule has 1 aromatic heterocycles. The lowest BCUT2D eigenvalue weighted by Crippen LogP contribution is -2.30. The first-order valence-corrected chi connectivity index (χ1v) is 10.5. The van der Waals surface area contributed by atoms with Gasteiger partial charge in [-0.2, -0.15) is 0 Å². The van der Waals surface area contributed by atoms with E-state index in [0.29, 0.717) is 24.5 Å². The van der Waals surface area contributed by atoms with E-state index in [1.807, 2.05) is 24.4 Å². The number of carbonyl (C=O) groups excluding carboxylic acids is 2. The second-order valence-corrected chi connectivity index (χ2v) is 7.65. The van der Waals surface area contributed by atoms with Crippen molar-refractivity contribution in [2.45, 2.75) is 39.2 Å². The van der Waals surface area contributed by atoms with Crippen LogP contribution in [0.1, 0.15) is 49.6 Å². The maximum absolute atomic E-state index is 12.8. The molecule has 148 valence electrons. The number of ether oxygens (including phenoxy) is 1. The summed E-state index contributed by atoms with van der Waals surface area (Å²) >= 11 is 1.48. The molecule has 1 amide bonds. The van der Waals surface area contributed by atoms with E-state index in [9.17, 15) is 14.7 Å². The van der Waals surface area contributed by atoms with Gasteiger partial charge in [0.25, 0.3) is 11.7 Å². The molecule has 5 nitrogen and oxygen atoms in total. The highest BCUT2D eigenvalue weighted by atomic mass is 32.1. The molecule has 1 aliphatic rings. The standard InChI is InChI=1S/C22H25NO4S/c1-3-5-6-13-23-19(17-8-7-14-28-17)18(21(25)22(23)26)20(24)15-9-11-16(12-10-15)27-4-2/h7-12,14,19,24H,3-6,13H2,1-2H3/b20-18-. The number of carbonyl (C=O) groups is 2. The molecule has 2 aromatic rings. The van der Waals surface area contributed by atoms with Crippen LogP contribution in [0.15, 0.2) is 47.4 Å². The van der Waals surface area contributed by atoms with Crippen LogP contribution in [0.3, 0.4) is 0 Å². The second kappa shape index (κ2) is 9.06. The van der Waals surface area contributed by atoms with Gasteiger partial charge in [-0.15, -0.1) is 11.3 Å². The Balaban J connectivity index is 2.01. The number of Topliss-reactive ketones (excluding diaryl/α,β-unsaturated/α-hetero) is 1. The molecule has 1 saturated heterocycles.